The molecule has 0 aliphatic carbocycles. The van der Waals surface area contributed by atoms with E-state index in [4.69, 9.17) is 14.2 Å². The average Bonchev–Trinajstić information content (AvgIpc) is 3.56. The van der Waals surface area contributed by atoms with Gasteiger partial charge >= 0.3 is 0 Å². The molecule has 2 fully saturated rings. The van der Waals surface area contributed by atoms with Gasteiger partial charge in [0.15, 0.2) is 5.82 Å². The van der Waals surface area contributed by atoms with Crippen molar-refractivity contribution in [3.8, 4) is 23.2 Å². The van der Waals surface area contributed by atoms with E-state index in [0.717, 1.165) is 5.56 Å². The number of ether oxygens (including phenoxy) is 3. The Morgan fingerprint density at radius 1 is 1.15 bits per heavy atom. The largest absolute Gasteiger partial charge is 0.497 e. The highest BCUT2D eigenvalue weighted by Crippen LogP contribution is 2.36. The number of hydrogen-bond donors (Lipinski definition) is 1. The van der Waals surface area contributed by atoms with E-state index in [-0.39, 0.29) is 29.7 Å². The maximum atomic E-state index is 12.9. The number of rotatable bonds is 6. The number of aromatic nitrogens is 4. The molecule has 0 spiro atoms. The summed E-state index contributed by atoms with van der Waals surface area (Å²) in [6.07, 6.45) is -0.974. The fraction of sp³-hybridized carbons (Fsp3) is 0.333. The summed E-state index contributed by atoms with van der Waals surface area (Å²) in [6.45, 7) is 0.376. The van der Waals surface area contributed by atoms with Crippen LogP contribution < -0.4 is 9.46 Å². The van der Waals surface area contributed by atoms with Crippen LogP contribution in [-0.4, -0.2) is 67.2 Å². The summed E-state index contributed by atoms with van der Waals surface area (Å²) in [5.74, 6) is 1.20. The summed E-state index contributed by atoms with van der Waals surface area (Å²) in [4.78, 5) is -0.0775. The van der Waals surface area contributed by atoms with Gasteiger partial charge < -0.3 is 14.2 Å². The van der Waals surface area contributed by atoms with Gasteiger partial charge in [0.1, 0.15) is 30.1 Å². The van der Waals surface area contributed by atoms with Crippen LogP contribution in [0, 0.1) is 11.3 Å². The molecule has 170 valence electrons. The zero-order valence-electron chi connectivity index (χ0n) is 17.5. The van der Waals surface area contributed by atoms with Gasteiger partial charge in [-0.3, -0.25) is 0 Å². The van der Waals surface area contributed by atoms with E-state index in [2.05, 4.69) is 20.2 Å². The molecule has 3 heterocycles. The van der Waals surface area contributed by atoms with Gasteiger partial charge in [-0.1, -0.05) is 24.3 Å². The minimum Gasteiger partial charge on any atom is -0.497 e. The number of nitrogens with one attached hydrogen (secondary N) is 1. The quantitative estimate of drug-likeness (QED) is 0.558. The minimum atomic E-state index is -3.95. The Morgan fingerprint density at radius 2 is 1.97 bits per heavy atom. The second-order valence-corrected chi connectivity index (χ2v) is 9.36. The highest BCUT2D eigenvalue weighted by Gasteiger charge is 2.50. The van der Waals surface area contributed by atoms with Crippen LogP contribution in [0.1, 0.15) is 11.6 Å². The molecule has 0 amide bonds. The van der Waals surface area contributed by atoms with Crippen LogP contribution in [0.5, 0.6) is 5.75 Å². The number of benzene rings is 2. The van der Waals surface area contributed by atoms with Gasteiger partial charge in [-0.05, 0) is 34.7 Å². The lowest BCUT2D eigenvalue weighted by atomic mass is 10.1. The molecule has 1 N–H and O–H groups in total. The predicted octanol–water partition coefficient (Wildman–Crippen LogP) is 0.906. The Bertz CT molecular complexity index is 1320. The summed E-state index contributed by atoms with van der Waals surface area (Å²) in [6, 6.07) is 14.4. The van der Waals surface area contributed by atoms with E-state index < -0.39 is 28.3 Å². The minimum absolute atomic E-state index is 0.0716. The molecular formula is C21H20N6O5S. The van der Waals surface area contributed by atoms with Crippen molar-refractivity contribution in [1.82, 2.24) is 24.9 Å². The summed E-state index contributed by atoms with van der Waals surface area (Å²) < 4.78 is 47.3. The lowest BCUT2D eigenvalue weighted by Crippen LogP contribution is -2.44. The summed E-state index contributed by atoms with van der Waals surface area (Å²) in [5, 5.41) is 21.4. The van der Waals surface area contributed by atoms with Crippen molar-refractivity contribution in [1.29, 1.82) is 5.26 Å². The van der Waals surface area contributed by atoms with Crippen LogP contribution in [0.4, 0.5) is 0 Å². The van der Waals surface area contributed by atoms with Crippen molar-refractivity contribution >= 4 is 10.0 Å². The van der Waals surface area contributed by atoms with E-state index in [0.29, 0.717) is 11.6 Å². The Balaban J connectivity index is 1.37. The molecule has 0 bridgehead atoms. The third-order valence-corrected chi connectivity index (χ3v) is 7.31. The van der Waals surface area contributed by atoms with Crippen molar-refractivity contribution in [2.75, 3.05) is 20.3 Å². The smallest absolute Gasteiger partial charge is 0.242 e. The highest BCUT2D eigenvalue weighted by molar-refractivity contribution is 7.89. The Kier molecular flexibility index (Phi) is 5.55. The average molecular weight is 468 g/mol. The van der Waals surface area contributed by atoms with Crippen molar-refractivity contribution in [3.63, 3.8) is 0 Å². The van der Waals surface area contributed by atoms with E-state index in [1.54, 1.807) is 23.9 Å². The van der Waals surface area contributed by atoms with Gasteiger partial charge in [-0.2, -0.15) is 5.26 Å². The highest BCUT2D eigenvalue weighted by atomic mass is 32.2. The van der Waals surface area contributed by atoms with Crippen molar-refractivity contribution < 1.29 is 22.6 Å². The number of nitrogens with zero attached hydrogens (tertiary/aromatic N) is 5. The molecule has 2 saturated heterocycles. The van der Waals surface area contributed by atoms with Gasteiger partial charge in [0.25, 0.3) is 0 Å². The monoisotopic (exact) mass is 468 g/mol. The molecule has 4 atom stereocenters. The van der Waals surface area contributed by atoms with Crippen molar-refractivity contribution in [2.24, 2.45) is 0 Å². The normalized spacial score (nSPS) is 24.4. The van der Waals surface area contributed by atoms with Gasteiger partial charge in [-0.25, -0.2) is 17.8 Å². The number of sulfonamides is 1. The Hall–Kier alpha value is -3.37. The van der Waals surface area contributed by atoms with Gasteiger partial charge in [0.05, 0.1) is 36.8 Å². The lowest BCUT2D eigenvalue weighted by Gasteiger charge is -2.18. The van der Waals surface area contributed by atoms with Crippen molar-refractivity contribution in [2.45, 2.75) is 29.2 Å². The van der Waals surface area contributed by atoms with Crippen LogP contribution in [0.15, 0.2) is 53.4 Å². The first-order valence-corrected chi connectivity index (χ1v) is 11.7. The molecule has 12 heteroatoms. The zero-order chi connectivity index (χ0) is 23.0. The summed E-state index contributed by atoms with van der Waals surface area (Å²) in [5.41, 5.74) is 0.841. The van der Waals surface area contributed by atoms with E-state index in [1.165, 1.54) is 12.1 Å². The van der Waals surface area contributed by atoms with Crippen LogP contribution in [0.2, 0.25) is 0 Å². The molecule has 0 radical (unpaired) electrons. The fourth-order valence-corrected chi connectivity index (χ4v) is 5.60. The predicted molar refractivity (Wildman–Crippen MR) is 114 cm³/mol. The Labute approximate surface area is 189 Å². The zero-order valence-corrected chi connectivity index (χ0v) is 18.3. The fourth-order valence-electron chi connectivity index (χ4n) is 4.22. The second-order valence-electron chi connectivity index (χ2n) is 7.68. The topological polar surface area (TPSA) is 141 Å². The molecule has 2 aliphatic rings. The maximum Gasteiger partial charge on any atom is 0.242 e. The first-order valence-electron chi connectivity index (χ1n) is 10.2. The van der Waals surface area contributed by atoms with Gasteiger partial charge in [0.2, 0.25) is 10.0 Å². The molecule has 11 nitrogen and oxygen atoms in total. The van der Waals surface area contributed by atoms with Gasteiger partial charge in [-0.15, -0.1) is 5.10 Å². The van der Waals surface area contributed by atoms with E-state index >= 15 is 0 Å². The van der Waals surface area contributed by atoms with Crippen LogP contribution in [-0.2, 0) is 19.5 Å². The van der Waals surface area contributed by atoms with E-state index in [9.17, 15) is 13.7 Å². The molecule has 0 saturated carbocycles. The number of tetrazole rings is 1. The van der Waals surface area contributed by atoms with Crippen LogP contribution in [0.3, 0.4) is 0 Å². The second kappa shape index (κ2) is 8.53. The van der Waals surface area contributed by atoms with Gasteiger partial charge in [0, 0.05) is 5.56 Å². The Morgan fingerprint density at radius 3 is 2.79 bits per heavy atom. The SMILES string of the molecule is COc1cccc(-c2nnnn2[C@H]2CO[C@H]3[C@@H]2OC[C@@H]3NS(=O)(=O)c2ccccc2C#N)c1. The molecule has 2 aliphatic heterocycles. The number of methoxy groups -OCH3 is 1. The molecule has 2 aromatic carbocycles. The number of hydrogen-bond acceptors (Lipinski definition) is 9. The maximum absolute atomic E-state index is 12.9. The van der Waals surface area contributed by atoms with Crippen LogP contribution >= 0.6 is 0 Å². The third-order valence-electron chi connectivity index (χ3n) is 5.77. The molecular weight excluding hydrogens is 448 g/mol. The standard InChI is InChI=1S/C21H20N6O5S/c1-30-15-7-4-6-13(9-15)21-23-25-26-27(21)17-12-32-19-16(11-31-20(17)19)24-33(28,29)18-8-3-2-5-14(18)10-22/h2-9,16-17,19-20,24H,11-12H2,1H3/t16-,17-,19+,20+/m0/s1. The van der Waals surface area contributed by atoms with E-state index in [1.807, 2.05) is 30.3 Å². The lowest BCUT2D eigenvalue weighted by molar-refractivity contribution is 0.0626. The molecule has 33 heavy (non-hydrogen) atoms. The summed E-state index contributed by atoms with van der Waals surface area (Å²) >= 11 is 0. The van der Waals surface area contributed by atoms with Crippen molar-refractivity contribution in [3.05, 3.63) is 54.1 Å². The number of fused-ring (bicyclic) bond motifs is 1. The first-order chi connectivity index (χ1) is 16.0. The number of nitriles is 1. The molecule has 0 unspecified atom stereocenters. The van der Waals surface area contributed by atoms with Crippen LogP contribution in [0.25, 0.3) is 11.4 Å². The molecule has 3 aromatic rings. The first kappa shape index (κ1) is 21.5. The molecule has 5 rings (SSSR count). The molecule has 1 aromatic heterocycles. The third kappa shape index (κ3) is 3.85. The summed E-state index contributed by atoms with van der Waals surface area (Å²) in [7, 11) is -2.37.